The van der Waals surface area contributed by atoms with Gasteiger partial charge in [0, 0.05) is 12.8 Å². The molecule has 0 unspecified atom stereocenters. The van der Waals surface area contributed by atoms with Crippen LogP contribution >= 0.6 is 0 Å². The second-order valence-electron chi connectivity index (χ2n) is 3.44. The van der Waals surface area contributed by atoms with Crippen molar-refractivity contribution in [3.05, 3.63) is 35.9 Å². The molecule has 4 nitrogen and oxygen atoms in total. The van der Waals surface area contributed by atoms with Gasteiger partial charge >= 0.3 is 5.97 Å². The van der Waals surface area contributed by atoms with E-state index in [2.05, 4.69) is 4.74 Å². The van der Waals surface area contributed by atoms with E-state index in [1.165, 1.54) is 7.11 Å². The van der Waals surface area contributed by atoms with Gasteiger partial charge in [-0.2, -0.15) is 0 Å². The van der Waals surface area contributed by atoms with Crippen LogP contribution in [0.5, 0.6) is 0 Å². The van der Waals surface area contributed by atoms with E-state index >= 15 is 0 Å². The first-order valence-corrected chi connectivity index (χ1v) is 4.95. The Kier molecular flexibility index (Phi) is 4.66. The molecule has 0 amide bonds. The molecular weight excluding hydrogens is 208 g/mol. The second-order valence-corrected chi connectivity index (χ2v) is 3.44. The standard InChI is InChI=1S/C12H14O4/c1-16-12(15)11(14)8-10(13)7-9-5-3-2-4-6-9/h2-6,11,14H,7-8H2,1H3/t11-/m0/s1. The van der Waals surface area contributed by atoms with Crippen LogP contribution in [0.25, 0.3) is 0 Å². The van der Waals surface area contributed by atoms with Gasteiger partial charge in [0.2, 0.25) is 0 Å². The van der Waals surface area contributed by atoms with Crippen molar-refractivity contribution in [3.63, 3.8) is 0 Å². The summed E-state index contributed by atoms with van der Waals surface area (Å²) in [4.78, 5) is 22.4. The molecule has 16 heavy (non-hydrogen) atoms. The molecule has 0 aliphatic carbocycles. The van der Waals surface area contributed by atoms with Gasteiger partial charge in [0.05, 0.1) is 7.11 Å². The summed E-state index contributed by atoms with van der Waals surface area (Å²) in [6, 6.07) is 9.17. The first-order chi connectivity index (χ1) is 7.63. The van der Waals surface area contributed by atoms with Crippen LogP contribution in [0.15, 0.2) is 30.3 Å². The molecule has 86 valence electrons. The van der Waals surface area contributed by atoms with Crippen molar-refractivity contribution in [2.24, 2.45) is 0 Å². The van der Waals surface area contributed by atoms with E-state index in [-0.39, 0.29) is 18.6 Å². The number of hydrogen-bond acceptors (Lipinski definition) is 4. The first kappa shape index (κ1) is 12.4. The average molecular weight is 222 g/mol. The summed E-state index contributed by atoms with van der Waals surface area (Å²) in [6.07, 6.45) is -1.35. The highest BCUT2D eigenvalue weighted by atomic mass is 16.5. The molecule has 0 aliphatic rings. The van der Waals surface area contributed by atoms with Gasteiger partial charge in [-0.25, -0.2) is 4.79 Å². The first-order valence-electron chi connectivity index (χ1n) is 4.95. The van der Waals surface area contributed by atoms with Gasteiger partial charge in [-0.3, -0.25) is 4.79 Å². The largest absolute Gasteiger partial charge is 0.467 e. The van der Waals surface area contributed by atoms with E-state index in [4.69, 9.17) is 0 Å². The number of ketones is 1. The number of Topliss-reactive ketones (excluding diaryl/α,β-unsaturated/α-hetero) is 1. The zero-order valence-electron chi connectivity index (χ0n) is 9.05. The number of aliphatic hydroxyl groups is 1. The maximum Gasteiger partial charge on any atom is 0.335 e. The summed E-state index contributed by atoms with van der Waals surface area (Å²) in [7, 11) is 1.17. The highest BCUT2D eigenvalue weighted by Gasteiger charge is 2.19. The van der Waals surface area contributed by atoms with Crippen LogP contribution in [-0.2, 0) is 20.7 Å². The fourth-order valence-electron chi connectivity index (χ4n) is 1.33. The zero-order valence-corrected chi connectivity index (χ0v) is 9.05. The molecule has 1 rings (SSSR count). The van der Waals surface area contributed by atoms with E-state index in [0.29, 0.717) is 0 Å². The van der Waals surface area contributed by atoms with Crippen LogP contribution in [0.4, 0.5) is 0 Å². The Hall–Kier alpha value is -1.68. The Labute approximate surface area is 93.9 Å². The fourth-order valence-corrected chi connectivity index (χ4v) is 1.33. The molecule has 0 aromatic heterocycles. The number of carbonyl (C=O) groups is 2. The van der Waals surface area contributed by atoms with E-state index in [1.54, 1.807) is 0 Å². The van der Waals surface area contributed by atoms with Gasteiger partial charge in [-0.1, -0.05) is 30.3 Å². The molecule has 1 N–H and O–H groups in total. The Morgan fingerprint density at radius 2 is 1.94 bits per heavy atom. The zero-order chi connectivity index (χ0) is 12.0. The summed E-state index contributed by atoms with van der Waals surface area (Å²) in [6.45, 7) is 0. The van der Waals surface area contributed by atoms with E-state index in [0.717, 1.165) is 5.56 Å². The minimum Gasteiger partial charge on any atom is -0.467 e. The van der Waals surface area contributed by atoms with Crippen molar-refractivity contribution < 1.29 is 19.4 Å². The molecule has 0 saturated carbocycles. The Morgan fingerprint density at radius 3 is 2.50 bits per heavy atom. The highest BCUT2D eigenvalue weighted by molar-refractivity contribution is 5.86. The number of methoxy groups -OCH3 is 1. The van der Waals surface area contributed by atoms with Crippen LogP contribution in [0, 0.1) is 0 Å². The smallest absolute Gasteiger partial charge is 0.335 e. The lowest BCUT2D eigenvalue weighted by Gasteiger charge is -2.07. The molecule has 1 atom stereocenters. The van der Waals surface area contributed by atoms with Crippen LogP contribution < -0.4 is 0 Å². The van der Waals surface area contributed by atoms with E-state index in [1.807, 2.05) is 30.3 Å². The number of ether oxygens (including phenoxy) is 1. The molecule has 1 aromatic carbocycles. The van der Waals surface area contributed by atoms with Crippen LogP contribution in [-0.4, -0.2) is 30.1 Å². The van der Waals surface area contributed by atoms with Crippen LogP contribution in [0.1, 0.15) is 12.0 Å². The van der Waals surface area contributed by atoms with Gasteiger partial charge in [-0.15, -0.1) is 0 Å². The maximum atomic E-state index is 11.5. The van der Waals surface area contributed by atoms with Crippen molar-refractivity contribution in [2.45, 2.75) is 18.9 Å². The molecule has 0 spiro atoms. The second kappa shape index (κ2) is 6.02. The fraction of sp³-hybridized carbons (Fsp3) is 0.333. The number of rotatable bonds is 5. The summed E-state index contributed by atoms with van der Waals surface area (Å²) in [5.74, 6) is -0.967. The van der Waals surface area contributed by atoms with Crippen molar-refractivity contribution in [1.82, 2.24) is 0 Å². The molecule has 0 bridgehead atoms. The van der Waals surface area contributed by atoms with Gasteiger partial charge in [0.15, 0.2) is 6.10 Å². The summed E-state index contributed by atoms with van der Waals surface area (Å²) < 4.78 is 4.32. The molecule has 0 radical (unpaired) electrons. The van der Waals surface area contributed by atoms with Gasteiger partial charge in [-0.05, 0) is 5.56 Å². The SMILES string of the molecule is COC(=O)[C@@H](O)CC(=O)Cc1ccccc1. The molecule has 0 aliphatic heterocycles. The Bertz CT molecular complexity index is 359. The third-order valence-electron chi connectivity index (χ3n) is 2.14. The number of esters is 1. The quantitative estimate of drug-likeness (QED) is 0.746. The van der Waals surface area contributed by atoms with E-state index in [9.17, 15) is 14.7 Å². The molecule has 4 heteroatoms. The molecular formula is C12H14O4. The predicted octanol–water partition coefficient (Wildman–Crippen LogP) is 0.722. The normalized spacial score (nSPS) is 11.9. The molecule has 0 fully saturated rings. The summed E-state index contributed by atoms with van der Waals surface area (Å²) in [5.41, 5.74) is 0.865. The third kappa shape index (κ3) is 3.82. The van der Waals surface area contributed by atoms with E-state index < -0.39 is 12.1 Å². The lowest BCUT2D eigenvalue weighted by atomic mass is 10.0. The molecule has 0 heterocycles. The molecule has 0 saturated heterocycles. The maximum absolute atomic E-state index is 11.5. The Balaban J connectivity index is 2.45. The third-order valence-corrected chi connectivity index (χ3v) is 2.14. The van der Waals surface area contributed by atoms with Crippen LogP contribution in [0.3, 0.4) is 0 Å². The summed E-state index contributed by atoms with van der Waals surface area (Å²) >= 11 is 0. The minimum atomic E-state index is -1.36. The van der Waals surface area contributed by atoms with Crippen molar-refractivity contribution in [2.75, 3.05) is 7.11 Å². The summed E-state index contributed by atoms with van der Waals surface area (Å²) in [5, 5.41) is 9.27. The minimum absolute atomic E-state index is 0.191. The lowest BCUT2D eigenvalue weighted by molar-refractivity contribution is -0.152. The van der Waals surface area contributed by atoms with Crippen LogP contribution in [0.2, 0.25) is 0 Å². The van der Waals surface area contributed by atoms with Crippen molar-refractivity contribution >= 4 is 11.8 Å². The number of benzene rings is 1. The topological polar surface area (TPSA) is 63.6 Å². The van der Waals surface area contributed by atoms with Gasteiger partial charge in [0.1, 0.15) is 5.78 Å². The number of aliphatic hydroxyl groups excluding tert-OH is 1. The number of carbonyl (C=O) groups excluding carboxylic acids is 2. The Morgan fingerprint density at radius 1 is 1.31 bits per heavy atom. The lowest BCUT2D eigenvalue weighted by Crippen LogP contribution is -2.25. The highest BCUT2D eigenvalue weighted by Crippen LogP contribution is 2.04. The number of hydrogen-bond donors (Lipinski definition) is 1. The monoisotopic (exact) mass is 222 g/mol. The predicted molar refractivity (Wildman–Crippen MR) is 57.8 cm³/mol. The average Bonchev–Trinajstić information content (AvgIpc) is 2.29. The van der Waals surface area contributed by atoms with Gasteiger partial charge < -0.3 is 9.84 Å². The van der Waals surface area contributed by atoms with Gasteiger partial charge in [0.25, 0.3) is 0 Å². The van der Waals surface area contributed by atoms with Crippen molar-refractivity contribution in [1.29, 1.82) is 0 Å². The van der Waals surface area contributed by atoms with Crippen molar-refractivity contribution in [3.8, 4) is 0 Å². The molecule has 1 aromatic rings.